The van der Waals surface area contributed by atoms with E-state index in [4.69, 9.17) is 5.84 Å². The summed E-state index contributed by atoms with van der Waals surface area (Å²) in [6.45, 7) is 9.89. The van der Waals surface area contributed by atoms with Gasteiger partial charge in [-0.2, -0.15) is 5.10 Å². The molecule has 0 saturated heterocycles. The Morgan fingerprint density at radius 2 is 1.77 bits per heavy atom. The van der Waals surface area contributed by atoms with E-state index >= 15 is 0 Å². The number of aromatic nitrogens is 6. The summed E-state index contributed by atoms with van der Waals surface area (Å²) in [6, 6.07) is 12.0. The molecule has 4 aromatic rings. The van der Waals surface area contributed by atoms with Crippen LogP contribution in [0.1, 0.15) is 38.7 Å². The van der Waals surface area contributed by atoms with Crippen LogP contribution < -0.4 is 5.84 Å². The molecule has 1 aromatic carbocycles. The zero-order chi connectivity index (χ0) is 22.3. The summed E-state index contributed by atoms with van der Waals surface area (Å²) in [7, 11) is 0. The van der Waals surface area contributed by atoms with Crippen LogP contribution in [0.4, 0.5) is 0 Å². The van der Waals surface area contributed by atoms with Crippen molar-refractivity contribution in [2.75, 3.05) is 11.6 Å². The maximum atomic E-state index is 13.0. The molecule has 0 radical (unpaired) electrons. The van der Waals surface area contributed by atoms with Gasteiger partial charge >= 0.3 is 0 Å². The van der Waals surface area contributed by atoms with Gasteiger partial charge in [0.2, 0.25) is 5.16 Å². The smallest absolute Gasteiger partial charge is 0.271 e. The SMILES string of the molecule is Cc1cc(C)n(-c2nnc(SCC(=O)c3cc(C)n(-c4ccccc4C)c3C)n2N)n1. The Hall–Kier alpha value is -3.33. The summed E-state index contributed by atoms with van der Waals surface area (Å²) >= 11 is 1.27. The van der Waals surface area contributed by atoms with Crippen molar-refractivity contribution < 1.29 is 4.79 Å². The number of Topliss-reactive ketones (excluding diaryl/α,β-unsaturated/α-hetero) is 1. The quantitative estimate of drug-likeness (QED) is 0.283. The maximum Gasteiger partial charge on any atom is 0.271 e. The second-order valence-corrected chi connectivity index (χ2v) is 8.55. The third-order valence-electron chi connectivity index (χ3n) is 5.27. The highest BCUT2D eigenvalue weighted by molar-refractivity contribution is 7.99. The first kappa shape index (κ1) is 20.9. The minimum Gasteiger partial charge on any atom is -0.334 e. The number of aryl methyl sites for hydroxylation is 4. The fraction of sp³-hybridized carbons (Fsp3) is 0.273. The molecule has 0 bridgehead atoms. The third kappa shape index (κ3) is 3.76. The maximum absolute atomic E-state index is 13.0. The number of nitrogens with zero attached hydrogens (tertiary/aromatic N) is 6. The summed E-state index contributed by atoms with van der Waals surface area (Å²) in [6.07, 6.45) is 0. The predicted octanol–water partition coefficient (Wildman–Crippen LogP) is 3.49. The highest BCUT2D eigenvalue weighted by Gasteiger charge is 2.20. The number of ketones is 1. The average molecular weight is 436 g/mol. The molecule has 9 heteroatoms. The fourth-order valence-corrected chi connectivity index (χ4v) is 4.52. The second-order valence-electron chi connectivity index (χ2n) is 7.61. The van der Waals surface area contributed by atoms with Gasteiger partial charge in [-0.05, 0) is 58.4 Å². The number of benzene rings is 1. The molecule has 0 aliphatic carbocycles. The van der Waals surface area contributed by atoms with Crippen LogP contribution in [-0.2, 0) is 0 Å². The van der Waals surface area contributed by atoms with E-state index in [1.807, 2.05) is 52.0 Å². The number of para-hydroxylation sites is 1. The molecule has 0 aliphatic heterocycles. The molecule has 8 nitrogen and oxygen atoms in total. The monoisotopic (exact) mass is 435 g/mol. The summed E-state index contributed by atoms with van der Waals surface area (Å²) < 4.78 is 5.14. The van der Waals surface area contributed by atoms with Gasteiger partial charge in [0, 0.05) is 28.3 Å². The van der Waals surface area contributed by atoms with Crippen LogP contribution in [0.3, 0.4) is 0 Å². The molecule has 0 spiro atoms. The second kappa shape index (κ2) is 8.07. The molecular weight excluding hydrogens is 410 g/mol. The zero-order valence-corrected chi connectivity index (χ0v) is 19.1. The molecule has 0 unspecified atom stereocenters. The first-order valence-electron chi connectivity index (χ1n) is 9.93. The molecular formula is C22H25N7OS. The van der Waals surface area contributed by atoms with Crippen LogP contribution in [0, 0.1) is 34.6 Å². The van der Waals surface area contributed by atoms with Gasteiger partial charge in [0.1, 0.15) is 0 Å². The van der Waals surface area contributed by atoms with Gasteiger partial charge in [0.25, 0.3) is 5.95 Å². The molecule has 160 valence electrons. The Morgan fingerprint density at radius 1 is 1.03 bits per heavy atom. The molecule has 31 heavy (non-hydrogen) atoms. The van der Waals surface area contributed by atoms with Gasteiger partial charge in [-0.3, -0.25) is 4.79 Å². The van der Waals surface area contributed by atoms with Crippen molar-refractivity contribution in [2.24, 2.45) is 0 Å². The summed E-state index contributed by atoms with van der Waals surface area (Å²) in [4.78, 5) is 13.0. The Bertz CT molecular complexity index is 1280. The molecule has 0 fully saturated rings. The lowest BCUT2D eigenvalue weighted by Gasteiger charge is -2.12. The summed E-state index contributed by atoms with van der Waals surface area (Å²) in [5, 5.41) is 13.1. The number of nitrogens with two attached hydrogens (primary N) is 1. The molecule has 0 atom stereocenters. The van der Waals surface area contributed by atoms with Crippen molar-refractivity contribution in [3.8, 4) is 11.6 Å². The van der Waals surface area contributed by atoms with E-state index in [2.05, 4.69) is 38.9 Å². The van der Waals surface area contributed by atoms with Gasteiger partial charge in [-0.1, -0.05) is 30.0 Å². The van der Waals surface area contributed by atoms with E-state index < -0.39 is 0 Å². The minimum atomic E-state index is 0.0219. The van der Waals surface area contributed by atoms with Gasteiger partial charge in [0.15, 0.2) is 5.78 Å². The minimum absolute atomic E-state index is 0.0219. The molecule has 0 amide bonds. The van der Waals surface area contributed by atoms with Crippen LogP contribution in [0.25, 0.3) is 11.6 Å². The van der Waals surface area contributed by atoms with E-state index in [-0.39, 0.29) is 11.5 Å². The van der Waals surface area contributed by atoms with Crippen molar-refractivity contribution in [3.05, 3.63) is 70.3 Å². The first-order valence-corrected chi connectivity index (χ1v) is 10.9. The highest BCUT2D eigenvalue weighted by atomic mass is 32.2. The Labute approximate surface area is 185 Å². The highest BCUT2D eigenvalue weighted by Crippen LogP contribution is 2.25. The topological polar surface area (TPSA) is 96.5 Å². The number of carbonyl (C=O) groups excluding carboxylic acids is 1. The fourth-order valence-electron chi connectivity index (χ4n) is 3.78. The number of rotatable bonds is 6. The normalized spacial score (nSPS) is 11.3. The number of hydrogen-bond donors (Lipinski definition) is 1. The van der Waals surface area contributed by atoms with E-state index in [0.717, 1.165) is 34.0 Å². The van der Waals surface area contributed by atoms with Crippen molar-refractivity contribution in [1.82, 2.24) is 29.2 Å². The van der Waals surface area contributed by atoms with Gasteiger partial charge in [-0.15, -0.1) is 10.2 Å². The zero-order valence-electron chi connectivity index (χ0n) is 18.2. The van der Waals surface area contributed by atoms with Gasteiger partial charge in [0.05, 0.1) is 11.4 Å². The van der Waals surface area contributed by atoms with Crippen LogP contribution in [0.5, 0.6) is 0 Å². The lowest BCUT2D eigenvalue weighted by Crippen LogP contribution is -2.17. The van der Waals surface area contributed by atoms with Crippen LogP contribution >= 0.6 is 11.8 Å². The predicted molar refractivity (Wildman–Crippen MR) is 122 cm³/mol. The van der Waals surface area contributed by atoms with E-state index in [1.54, 1.807) is 4.68 Å². The van der Waals surface area contributed by atoms with Crippen molar-refractivity contribution in [3.63, 3.8) is 0 Å². The number of carbonyl (C=O) groups is 1. The largest absolute Gasteiger partial charge is 0.334 e. The lowest BCUT2D eigenvalue weighted by atomic mass is 10.1. The van der Waals surface area contributed by atoms with Crippen LogP contribution in [0.2, 0.25) is 0 Å². The van der Waals surface area contributed by atoms with Crippen molar-refractivity contribution >= 4 is 17.5 Å². The molecule has 2 N–H and O–H groups in total. The number of nitrogen functional groups attached to an aromatic ring is 1. The standard InChI is InChI=1S/C22H25N7OS/c1-13-8-6-7-9-19(13)27-15(3)11-18(17(27)5)20(30)12-31-22-25-24-21(28(22)23)29-16(4)10-14(2)26-29/h6-11H,12,23H2,1-5H3. The van der Waals surface area contributed by atoms with Crippen molar-refractivity contribution in [1.29, 1.82) is 0 Å². The van der Waals surface area contributed by atoms with Gasteiger partial charge in [-0.25, -0.2) is 9.36 Å². The molecule has 3 heterocycles. The summed E-state index contributed by atoms with van der Waals surface area (Å²) in [5.74, 6) is 6.83. The number of thioether (sulfide) groups is 1. The van der Waals surface area contributed by atoms with Crippen molar-refractivity contribution in [2.45, 2.75) is 39.8 Å². The Morgan fingerprint density at radius 3 is 2.45 bits per heavy atom. The van der Waals surface area contributed by atoms with Gasteiger partial charge < -0.3 is 10.4 Å². The van der Waals surface area contributed by atoms with E-state index in [9.17, 15) is 4.79 Å². The number of hydrogen-bond acceptors (Lipinski definition) is 6. The van der Waals surface area contributed by atoms with E-state index in [1.165, 1.54) is 16.4 Å². The average Bonchev–Trinajstić information content (AvgIpc) is 3.35. The van der Waals surface area contributed by atoms with Crippen LogP contribution in [-0.4, -0.2) is 40.8 Å². The molecule has 0 aliphatic rings. The Balaban J connectivity index is 1.55. The Kier molecular flexibility index (Phi) is 5.45. The summed E-state index contributed by atoms with van der Waals surface area (Å²) in [5.41, 5.74) is 6.67. The molecule has 3 aromatic heterocycles. The molecule has 0 saturated carbocycles. The first-order chi connectivity index (χ1) is 14.8. The van der Waals surface area contributed by atoms with Crippen LogP contribution in [0.15, 0.2) is 41.6 Å². The molecule has 4 rings (SSSR count). The van der Waals surface area contributed by atoms with E-state index in [0.29, 0.717) is 16.7 Å². The third-order valence-corrected chi connectivity index (χ3v) is 6.21. The lowest BCUT2D eigenvalue weighted by molar-refractivity contribution is 0.102.